The molecule has 1 aliphatic rings. The molecule has 182 valence electrons. The second-order valence-electron chi connectivity index (χ2n) is 8.10. The second kappa shape index (κ2) is 11.5. The zero-order valence-electron chi connectivity index (χ0n) is 19.0. The fourth-order valence-corrected chi connectivity index (χ4v) is 7.54. The third-order valence-electron chi connectivity index (χ3n) is 5.82. The molecule has 0 saturated carbocycles. The molecule has 2 aromatic heterocycles. The van der Waals surface area contributed by atoms with Crippen molar-refractivity contribution in [2.24, 2.45) is 0 Å². The molecule has 0 unspecified atom stereocenters. The highest BCUT2D eigenvalue weighted by Gasteiger charge is 2.30. The van der Waals surface area contributed by atoms with Crippen LogP contribution in [0.5, 0.6) is 5.75 Å². The highest BCUT2D eigenvalue weighted by Crippen LogP contribution is 2.27. The van der Waals surface area contributed by atoms with Crippen LogP contribution in [0.1, 0.15) is 33.0 Å². The fourth-order valence-electron chi connectivity index (χ4n) is 3.91. The highest BCUT2D eigenvalue weighted by atomic mass is 32.2. The van der Waals surface area contributed by atoms with Crippen molar-refractivity contribution in [3.63, 3.8) is 0 Å². The molecule has 1 amide bonds. The first-order valence-corrected chi connectivity index (χ1v) is 14.4. The van der Waals surface area contributed by atoms with E-state index in [1.807, 2.05) is 0 Å². The summed E-state index contributed by atoms with van der Waals surface area (Å²) in [5.74, 6) is 0.379. The number of nitrogens with zero attached hydrogens (tertiary/aromatic N) is 1. The predicted molar refractivity (Wildman–Crippen MR) is 136 cm³/mol. The van der Waals surface area contributed by atoms with Gasteiger partial charge in [0.1, 0.15) is 9.96 Å². The predicted octanol–water partition coefficient (Wildman–Crippen LogP) is 3.73. The standard InChI is InChI=1S/C24H29N3O4S3/c1-31-20-5-2-4-18(16-20)24(28)26-17-22-7-8-23(33-22)34(29,30)27-13-10-19(11-14-27)25-12-9-21-6-3-15-32-21/h2-8,15-16,19,25H,9-14,17H2,1H3,(H,26,28). The maximum atomic E-state index is 13.1. The summed E-state index contributed by atoms with van der Waals surface area (Å²) >= 11 is 2.97. The maximum absolute atomic E-state index is 13.1. The van der Waals surface area contributed by atoms with Gasteiger partial charge in [-0.15, -0.1) is 22.7 Å². The van der Waals surface area contributed by atoms with Crippen molar-refractivity contribution in [2.75, 3.05) is 26.7 Å². The summed E-state index contributed by atoms with van der Waals surface area (Å²) in [4.78, 5) is 14.6. The van der Waals surface area contributed by atoms with E-state index in [0.717, 1.165) is 30.7 Å². The van der Waals surface area contributed by atoms with Gasteiger partial charge in [0.25, 0.3) is 15.9 Å². The first-order valence-electron chi connectivity index (χ1n) is 11.2. The molecule has 4 rings (SSSR count). The summed E-state index contributed by atoms with van der Waals surface area (Å²) in [6, 6.07) is 14.9. The Balaban J connectivity index is 1.26. The number of sulfonamides is 1. The van der Waals surface area contributed by atoms with Crippen LogP contribution < -0.4 is 15.4 Å². The van der Waals surface area contributed by atoms with Crippen molar-refractivity contribution < 1.29 is 17.9 Å². The third kappa shape index (κ3) is 6.25. The zero-order valence-corrected chi connectivity index (χ0v) is 21.5. The molecule has 0 bridgehead atoms. The van der Waals surface area contributed by atoms with Gasteiger partial charge in [0.05, 0.1) is 13.7 Å². The van der Waals surface area contributed by atoms with Crippen LogP contribution in [0.2, 0.25) is 0 Å². The molecule has 0 atom stereocenters. The van der Waals surface area contributed by atoms with Crippen LogP contribution in [0, 0.1) is 0 Å². The first kappa shape index (κ1) is 24.9. The second-order valence-corrected chi connectivity index (χ2v) is 12.5. The zero-order chi connectivity index (χ0) is 24.0. The molecule has 1 aromatic carbocycles. The van der Waals surface area contributed by atoms with Gasteiger partial charge < -0.3 is 15.4 Å². The van der Waals surface area contributed by atoms with Crippen LogP contribution in [0.3, 0.4) is 0 Å². The molecule has 3 aromatic rings. The van der Waals surface area contributed by atoms with Crippen LogP contribution in [-0.4, -0.2) is 51.4 Å². The Labute approximate surface area is 208 Å². The summed E-state index contributed by atoms with van der Waals surface area (Å²) in [5.41, 5.74) is 0.496. The van der Waals surface area contributed by atoms with E-state index in [0.29, 0.717) is 34.7 Å². The van der Waals surface area contributed by atoms with Crippen LogP contribution in [0.25, 0.3) is 0 Å². The largest absolute Gasteiger partial charge is 0.497 e. The quantitative estimate of drug-likeness (QED) is 0.426. The van der Waals surface area contributed by atoms with Crippen molar-refractivity contribution in [3.05, 3.63) is 69.2 Å². The molecule has 1 saturated heterocycles. The molecule has 2 N–H and O–H groups in total. The molecule has 0 radical (unpaired) electrons. The van der Waals surface area contributed by atoms with Crippen molar-refractivity contribution in [1.29, 1.82) is 0 Å². The van der Waals surface area contributed by atoms with E-state index in [2.05, 4.69) is 28.1 Å². The van der Waals surface area contributed by atoms with Gasteiger partial charge >= 0.3 is 0 Å². The highest BCUT2D eigenvalue weighted by molar-refractivity contribution is 7.91. The van der Waals surface area contributed by atoms with Gasteiger partial charge in [-0.25, -0.2) is 8.42 Å². The number of carbonyl (C=O) groups excluding carboxylic acids is 1. The van der Waals surface area contributed by atoms with Crippen molar-refractivity contribution in [2.45, 2.75) is 36.1 Å². The summed E-state index contributed by atoms with van der Waals surface area (Å²) < 4.78 is 33.3. The number of nitrogens with one attached hydrogen (secondary N) is 2. The normalized spacial score (nSPS) is 15.3. The van der Waals surface area contributed by atoms with Crippen molar-refractivity contribution >= 4 is 38.6 Å². The fraction of sp³-hybridized carbons (Fsp3) is 0.375. The van der Waals surface area contributed by atoms with Crippen LogP contribution in [-0.2, 0) is 23.0 Å². The number of benzene rings is 1. The molecule has 3 heterocycles. The monoisotopic (exact) mass is 519 g/mol. The Kier molecular flexibility index (Phi) is 8.38. The summed E-state index contributed by atoms with van der Waals surface area (Å²) in [7, 11) is -1.97. The Morgan fingerprint density at radius 3 is 2.68 bits per heavy atom. The van der Waals surface area contributed by atoms with E-state index in [-0.39, 0.29) is 12.5 Å². The average Bonchev–Trinajstić information content (AvgIpc) is 3.56. The van der Waals surface area contributed by atoms with Crippen LogP contribution >= 0.6 is 22.7 Å². The molecule has 0 aliphatic carbocycles. The Morgan fingerprint density at radius 1 is 1.12 bits per heavy atom. The SMILES string of the molecule is COc1cccc(C(=O)NCc2ccc(S(=O)(=O)N3CCC(NCCc4cccs4)CC3)s2)c1. The van der Waals surface area contributed by atoms with Gasteiger partial charge in [-0.2, -0.15) is 4.31 Å². The molecule has 34 heavy (non-hydrogen) atoms. The van der Waals surface area contributed by atoms with E-state index in [4.69, 9.17) is 4.74 Å². The van der Waals surface area contributed by atoms with E-state index < -0.39 is 10.0 Å². The summed E-state index contributed by atoms with van der Waals surface area (Å²) in [6.07, 6.45) is 2.61. The average molecular weight is 520 g/mol. The van der Waals surface area contributed by atoms with Crippen LogP contribution in [0.15, 0.2) is 58.1 Å². The molecule has 0 spiro atoms. The lowest BCUT2D eigenvalue weighted by molar-refractivity contribution is 0.0951. The molecular formula is C24H29N3O4S3. The third-order valence-corrected chi connectivity index (χ3v) is 10.2. The van der Waals surface area contributed by atoms with Gasteiger partial charge in [0.2, 0.25) is 0 Å². The Bertz CT molecular complexity index is 1180. The molecule has 7 nitrogen and oxygen atoms in total. The van der Waals surface area contributed by atoms with E-state index in [1.54, 1.807) is 59.2 Å². The van der Waals surface area contributed by atoms with Gasteiger partial charge in [-0.05, 0) is 61.0 Å². The van der Waals surface area contributed by atoms with Gasteiger partial charge in [0, 0.05) is 41.0 Å². The van der Waals surface area contributed by atoms with Gasteiger partial charge in [-0.1, -0.05) is 12.1 Å². The lowest BCUT2D eigenvalue weighted by Gasteiger charge is -2.31. The minimum absolute atomic E-state index is 0.231. The minimum atomic E-state index is -3.52. The number of hydrogen-bond donors (Lipinski definition) is 2. The number of thiophene rings is 2. The number of carbonyl (C=O) groups is 1. The number of piperidine rings is 1. The Morgan fingerprint density at radius 2 is 1.94 bits per heavy atom. The van der Waals surface area contributed by atoms with Crippen LogP contribution in [0.4, 0.5) is 0 Å². The molecule has 1 aliphatic heterocycles. The number of methoxy groups -OCH3 is 1. The Hall–Kier alpha value is -2.24. The van der Waals surface area contributed by atoms with E-state index in [1.165, 1.54) is 16.2 Å². The lowest BCUT2D eigenvalue weighted by atomic mass is 10.1. The maximum Gasteiger partial charge on any atom is 0.252 e. The summed E-state index contributed by atoms with van der Waals surface area (Å²) in [5, 5.41) is 8.50. The number of ether oxygens (including phenoxy) is 1. The molecule has 1 fully saturated rings. The molecular weight excluding hydrogens is 490 g/mol. The van der Waals surface area contributed by atoms with Gasteiger partial charge in [0.15, 0.2) is 0 Å². The van der Waals surface area contributed by atoms with Gasteiger partial charge in [-0.3, -0.25) is 4.79 Å². The number of rotatable bonds is 10. The molecule has 10 heteroatoms. The first-order chi connectivity index (χ1) is 16.5. The summed E-state index contributed by atoms with van der Waals surface area (Å²) in [6.45, 7) is 2.21. The topological polar surface area (TPSA) is 87.7 Å². The van der Waals surface area contributed by atoms with Crippen molar-refractivity contribution in [3.8, 4) is 5.75 Å². The lowest BCUT2D eigenvalue weighted by Crippen LogP contribution is -2.45. The van der Waals surface area contributed by atoms with Crippen molar-refractivity contribution in [1.82, 2.24) is 14.9 Å². The minimum Gasteiger partial charge on any atom is -0.497 e. The van der Waals surface area contributed by atoms with E-state index >= 15 is 0 Å². The number of amides is 1. The van der Waals surface area contributed by atoms with E-state index in [9.17, 15) is 13.2 Å². The number of hydrogen-bond acceptors (Lipinski definition) is 7. The smallest absolute Gasteiger partial charge is 0.252 e.